The number of carbonyl (C=O) groups excluding carboxylic acids is 1. The molecular weight excluding hydrogens is 202 g/mol. The van der Waals surface area contributed by atoms with Gasteiger partial charge < -0.3 is 10.6 Å². The van der Waals surface area contributed by atoms with Crippen LogP contribution in [0.4, 0.5) is 0 Å². The number of rotatable bonds is 3. The predicted molar refractivity (Wildman–Crippen MR) is 66.7 cm³/mol. The molecule has 0 fully saturated rings. The summed E-state index contributed by atoms with van der Waals surface area (Å²) in [6.07, 6.45) is 3.94. The van der Waals surface area contributed by atoms with Crippen molar-refractivity contribution >= 4 is 11.7 Å². The second-order valence-electron chi connectivity index (χ2n) is 5.26. The molecule has 1 aliphatic heterocycles. The van der Waals surface area contributed by atoms with E-state index in [1.807, 2.05) is 20.8 Å². The minimum Gasteiger partial charge on any atom is -0.373 e. The maximum atomic E-state index is 11.5. The molecular formula is C12H23N3O. The van der Waals surface area contributed by atoms with Gasteiger partial charge in [0.05, 0.1) is 5.84 Å². The van der Waals surface area contributed by atoms with E-state index in [0.717, 1.165) is 18.8 Å². The Kier molecular flexibility index (Phi) is 4.77. The molecule has 0 unspecified atom stereocenters. The minimum absolute atomic E-state index is 0.0939. The Bertz CT molecular complexity index is 266. The van der Waals surface area contributed by atoms with Crippen LogP contribution in [0.25, 0.3) is 0 Å². The summed E-state index contributed by atoms with van der Waals surface area (Å²) in [5.74, 6) is 1.16. The zero-order chi connectivity index (χ0) is 12.0. The van der Waals surface area contributed by atoms with Gasteiger partial charge in [-0.15, -0.1) is 0 Å². The van der Waals surface area contributed by atoms with Crippen molar-refractivity contribution < 1.29 is 4.79 Å². The van der Waals surface area contributed by atoms with Crippen LogP contribution < -0.4 is 10.6 Å². The van der Waals surface area contributed by atoms with E-state index in [1.165, 1.54) is 12.8 Å². The number of nitrogens with zero attached hydrogens (tertiary/aromatic N) is 1. The third-order valence-electron chi connectivity index (χ3n) is 2.32. The fourth-order valence-corrected chi connectivity index (χ4v) is 1.64. The van der Waals surface area contributed by atoms with Gasteiger partial charge in [0.1, 0.15) is 0 Å². The van der Waals surface area contributed by atoms with E-state index in [4.69, 9.17) is 0 Å². The molecule has 0 bridgehead atoms. The molecule has 16 heavy (non-hydrogen) atoms. The Hall–Kier alpha value is -1.06. The number of aliphatic imine (C=N–C) groups is 1. The Labute approximate surface area is 97.9 Å². The van der Waals surface area contributed by atoms with Gasteiger partial charge in [-0.05, 0) is 33.6 Å². The van der Waals surface area contributed by atoms with E-state index in [0.29, 0.717) is 13.0 Å². The van der Waals surface area contributed by atoms with Crippen molar-refractivity contribution in [3.05, 3.63) is 0 Å². The van der Waals surface area contributed by atoms with Crippen LogP contribution in [0.15, 0.2) is 4.99 Å². The van der Waals surface area contributed by atoms with Crippen LogP contribution in [-0.4, -0.2) is 30.4 Å². The van der Waals surface area contributed by atoms with Gasteiger partial charge in [0.25, 0.3) is 0 Å². The Morgan fingerprint density at radius 1 is 1.38 bits per heavy atom. The zero-order valence-electron chi connectivity index (χ0n) is 10.6. The monoisotopic (exact) mass is 225 g/mol. The summed E-state index contributed by atoms with van der Waals surface area (Å²) in [6.45, 7) is 7.58. The Morgan fingerprint density at radius 3 is 2.69 bits per heavy atom. The summed E-state index contributed by atoms with van der Waals surface area (Å²) >= 11 is 0. The van der Waals surface area contributed by atoms with Gasteiger partial charge in [-0.2, -0.15) is 0 Å². The molecule has 1 aliphatic rings. The molecule has 1 heterocycles. The number of carbonyl (C=O) groups is 1. The highest BCUT2D eigenvalue weighted by Crippen LogP contribution is 2.04. The van der Waals surface area contributed by atoms with Crippen molar-refractivity contribution in [3.8, 4) is 0 Å². The van der Waals surface area contributed by atoms with E-state index >= 15 is 0 Å². The summed E-state index contributed by atoms with van der Waals surface area (Å²) in [4.78, 5) is 15.9. The number of amides is 1. The van der Waals surface area contributed by atoms with Crippen LogP contribution in [0.3, 0.4) is 0 Å². The van der Waals surface area contributed by atoms with Crippen molar-refractivity contribution in [1.82, 2.24) is 10.6 Å². The van der Waals surface area contributed by atoms with Crippen molar-refractivity contribution in [1.29, 1.82) is 0 Å². The summed E-state index contributed by atoms with van der Waals surface area (Å²) in [5, 5.41) is 6.17. The lowest BCUT2D eigenvalue weighted by molar-refractivity contribution is -0.122. The lowest BCUT2D eigenvalue weighted by Crippen LogP contribution is -2.42. The van der Waals surface area contributed by atoms with E-state index in [9.17, 15) is 4.79 Å². The van der Waals surface area contributed by atoms with Crippen molar-refractivity contribution in [2.24, 2.45) is 4.99 Å². The Balaban J connectivity index is 2.15. The van der Waals surface area contributed by atoms with Crippen molar-refractivity contribution in [2.75, 3.05) is 13.1 Å². The minimum atomic E-state index is -0.139. The van der Waals surface area contributed by atoms with Gasteiger partial charge >= 0.3 is 0 Å². The van der Waals surface area contributed by atoms with E-state index in [1.54, 1.807) is 0 Å². The smallest absolute Gasteiger partial charge is 0.222 e. The zero-order valence-corrected chi connectivity index (χ0v) is 10.6. The summed E-state index contributed by atoms with van der Waals surface area (Å²) in [7, 11) is 0. The summed E-state index contributed by atoms with van der Waals surface area (Å²) in [6, 6.07) is 0. The molecule has 0 aromatic rings. The SMILES string of the molecule is CC(C)(C)NC(=O)CCNC1=NCCCC1. The first-order valence-corrected chi connectivity index (χ1v) is 6.05. The van der Waals surface area contributed by atoms with Crippen molar-refractivity contribution in [2.45, 2.75) is 52.0 Å². The van der Waals surface area contributed by atoms with Crippen LogP contribution in [0, 0.1) is 0 Å². The summed E-state index contributed by atoms with van der Waals surface area (Å²) in [5.41, 5.74) is -0.139. The first-order valence-electron chi connectivity index (χ1n) is 6.05. The highest BCUT2D eigenvalue weighted by Gasteiger charge is 2.13. The van der Waals surface area contributed by atoms with E-state index < -0.39 is 0 Å². The standard InChI is InChI=1S/C12H23N3O/c1-12(2,3)15-11(16)7-9-14-10-6-4-5-8-13-10/h4-9H2,1-3H3,(H,13,14)(H,15,16). The molecule has 1 rings (SSSR count). The summed E-state index contributed by atoms with van der Waals surface area (Å²) < 4.78 is 0. The maximum absolute atomic E-state index is 11.5. The lowest BCUT2D eigenvalue weighted by Gasteiger charge is -2.21. The molecule has 0 aromatic carbocycles. The predicted octanol–water partition coefficient (Wildman–Crippen LogP) is 1.46. The second-order valence-corrected chi connectivity index (χ2v) is 5.26. The van der Waals surface area contributed by atoms with Gasteiger partial charge in [0.15, 0.2) is 0 Å². The van der Waals surface area contributed by atoms with Crippen LogP contribution in [0.2, 0.25) is 0 Å². The molecule has 4 heteroatoms. The second kappa shape index (κ2) is 5.87. The molecule has 0 saturated carbocycles. The average molecular weight is 225 g/mol. The quantitative estimate of drug-likeness (QED) is 0.764. The third-order valence-corrected chi connectivity index (χ3v) is 2.32. The number of amidine groups is 1. The average Bonchev–Trinajstić information content (AvgIpc) is 2.16. The largest absolute Gasteiger partial charge is 0.373 e. The van der Waals surface area contributed by atoms with E-state index in [-0.39, 0.29) is 11.4 Å². The molecule has 1 amide bonds. The lowest BCUT2D eigenvalue weighted by atomic mass is 10.1. The van der Waals surface area contributed by atoms with Gasteiger partial charge in [-0.1, -0.05) is 0 Å². The van der Waals surface area contributed by atoms with E-state index in [2.05, 4.69) is 15.6 Å². The fraction of sp³-hybridized carbons (Fsp3) is 0.833. The maximum Gasteiger partial charge on any atom is 0.222 e. The van der Waals surface area contributed by atoms with Crippen molar-refractivity contribution in [3.63, 3.8) is 0 Å². The van der Waals surface area contributed by atoms with Crippen LogP contribution in [-0.2, 0) is 4.79 Å². The van der Waals surface area contributed by atoms with Gasteiger partial charge in [-0.3, -0.25) is 9.79 Å². The molecule has 0 aliphatic carbocycles. The van der Waals surface area contributed by atoms with Crippen LogP contribution in [0.5, 0.6) is 0 Å². The molecule has 92 valence electrons. The molecule has 0 saturated heterocycles. The normalized spacial score (nSPS) is 16.6. The molecule has 4 nitrogen and oxygen atoms in total. The molecule has 0 aromatic heterocycles. The van der Waals surface area contributed by atoms with Crippen LogP contribution in [0.1, 0.15) is 46.5 Å². The van der Waals surface area contributed by atoms with Gasteiger partial charge in [-0.25, -0.2) is 0 Å². The first kappa shape index (κ1) is 13.0. The highest BCUT2D eigenvalue weighted by molar-refractivity contribution is 5.83. The molecule has 0 radical (unpaired) electrons. The van der Waals surface area contributed by atoms with Crippen LogP contribution >= 0.6 is 0 Å². The number of nitrogens with one attached hydrogen (secondary N) is 2. The number of hydrogen-bond donors (Lipinski definition) is 2. The molecule has 2 N–H and O–H groups in total. The van der Waals surface area contributed by atoms with Gasteiger partial charge in [0.2, 0.25) is 5.91 Å². The third kappa shape index (κ3) is 5.73. The Morgan fingerprint density at radius 2 is 2.12 bits per heavy atom. The topological polar surface area (TPSA) is 53.5 Å². The number of hydrogen-bond acceptors (Lipinski definition) is 3. The molecule has 0 atom stereocenters. The molecule has 0 spiro atoms. The first-order chi connectivity index (χ1) is 7.47. The highest BCUT2D eigenvalue weighted by atomic mass is 16.1. The fourth-order valence-electron chi connectivity index (χ4n) is 1.64. The van der Waals surface area contributed by atoms with Gasteiger partial charge in [0, 0.05) is 31.5 Å².